The predicted octanol–water partition coefficient (Wildman–Crippen LogP) is 2.27. The maximum absolute atomic E-state index is 11.6. The number of hydrogen-bond acceptors (Lipinski definition) is 4. The molecule has 4 nitrogen and oxygen atoms in total. The Kier molecular flexibility index (Phi) is 4.04. The van der Waals surface area contributed by atoms with E-state index >= 15 is 0 Å². The quantitative estimate of drug-likeness (QED) is 0.918. The van der Waals surface area contributed by atoms with E-state index in [2.05, 4.69) is 15.3 Å². The van der Waals surface area contributed by atoms with Crippen molar-refractivity contribution in [1.82, 2.24) is 15.3 Å². The van der Waals surface area contributed by atoms with Crippen molar-refractivity contribution in [3.05, 3.63) is 35.6 Å². The fourth-order valence-corrected chi connectivity index (χ4v) is 2.38. The molecule has 18 heavy (non-hydrogen) atoms. The number of rotatable bonds is 4. The summed E-state index contributed by atoms with van der Waals surface area (Å²) in [6, 6.07) is 3.99. The number of hydrogen-bond donors (Lipinski definition) is 1. The summed E-state index contributed by atoms with van der Waals surface area (Å²) in [7, 11) is 0. The van der Waals surface area contributed by atoms with Crippen molar-refractivity contribution >= 4 is 17.2 Å². The molecule has 0 fully saturated rings. The van der Waals surface area contributed by atoms with Gasteiger partial charge in [0.15, 0.2) is 0 Å². The molecule has 0 unspecified atom stereocenters. The van der Waals surface area contributed by atoms with Crippen molar-refractivity contribution in [2.75, 3.05) is 0 Å². The van der Waals surface area contributed by atoms with E-state index in [9.17, 15) is 4.79 Å². The molecule has 5 heteroatoms. The van der Waals surface area contributed by atoms with Crippen LogP contribution >= 0.6 is 11.3 Å². The third-order valence-corrected chi connectivity index (χ3v) is 3.21. The fraction of sp³-hybridized carbons (Fsp3) is 0.308. The van der Waals surface area contributed by atoms with Crippen LogP contribution in [0.5, 0.6) is 0 Å². The van der Waals surface area contributed by atoms with Gasteiger partial charge >= 0.3 is 0 Å². The lowest BCUT2D eigenvalue weighted by atomic mass is 10.2. The zero-order valence-electron chi connectivity index (χ0n) is 10.4. The van der Waals surface area contributed by atoms with Crippen LogP contribution in [0.4, 0.5) is 0 Å². The van der Waals surface area contributed by atoms with Gasteiger partial charge in [-0.1, -0.05) is 0 Å². The van der Waals surface area contributed by atoms with Crippen LogP contribution in [0.2, 0.25) is 0 Å². The number of nitrogens with zero attached hydrogens (tertiary/aromatic N) is 2. The highest BCUT2D eigenvalue weighted by Crippen LogP contribution is 2.22. The molecule has 0 atom stereocenters. The first-order valence-electron chi connectivity index (χ1n) is 5.79. The lowest BCUT2D eigenvalue weighted by Gasteiger charge is -2.06. The Morgan fingerprint density at radius 2 is 2.11 bits per heavy atom. The van der Waals surface area contributed by atoms with E-state index < -0.39 is 0 Å². The molecule has 2 rings (SSSR count). The Labute approximate surface area is 110 Å². The zero-order chi connectivity index (χ0) is 13.0. The van der Waals surface area contributed by atoms with Crippen molar-refractivity contribution in [3.63, 3.8) is 0 Å². The summed E-state index contributed by atoms with van der Waals surface area (Å²) >= 11 is 1.54. The summed E-state index contributed by atoms with van der Waals surface area (Å²) in [5, 5.41) is 5.70. The Morgan fingerprint density at radius 1 is 1.39 bits per heavy atom. The largest absolute Gasteiger partial charge is 0.354 e. The second-order valence-corrected chi connectivity index (χ2v) is 5.14. The summed E-state index contributed by atoms with van der Waals surface area (Å²) < 4.78 is 0. The van der Waals surface area contributed by atoms with Crippen molar-refractivity contribution in [1.29, 1.82) is 0 Å². The molecule has 1 N–H and O–H groups in total. The third-order valence-electron chi connectivity index (χ3n) is 2.27. The van der Waals surface area contributed by atoms with Crippen LogP contribution in [0.3, 0.4) is 0 Å². The van der Waals surface area contributed by atoms with E-state index in [1.807, 2.05) is 31.4 Å². The average Bonchev–Trinajstić information content (AvgIpc) is 2.77. The first kappa shape index (κ1) is 12.7. The second kappa shape index (κ2) is 5.73. The minimum absolute atomic E-state index is 0.0107. The number of thiazole rings is 1. The lowest BCUT2D eigenvalue weighted by Crippen LogP contribution is -2.31. The SMILES string of the molecule is CC(C)NC(=O)Cc1csc(-c2ccncc2)n1. The Morgan fingerprint density at radius 3 is 2.78 bits per heavy atom. The van der Waals surface area contributed by atoms with Gasteiger partial charge in [0, 0.05) is 29.4 Å². The zero-order valence-corrected chi connectivity index (χ0v) is 11.2. The minimum Gasteiger partial charge on any atom is -0.354 e. The molecule has 0 aliphatic rings. The summed E-state index contributed by atoms with van der Waals surface area (Å²) in [5.41, 5.74) is 1.84. The topological polar surface area (TPSA) is 54.9 Å². The van der Waals surface area contributed by atoms with Gasteiger partial charge in [-0.2, -0.15) is 0 Å². The highest BCUT2D eigenvalue weighted by molar-refractivity contribution is 7.13. The van der Waals surface area contributed by atoms with Crippen LogP contribution in [0.15, 0.2) is 29.9 Å². The fourth-order valence-electron chi connectivity index (χ4n) is 1.55. The molecule has 0 aromatic carbocycles. The van der Waals surface area contributed by atoms with Gasteiger partial charge in [0.2, 0.25) is 5.91 Å². The monoisotopic (exact) mass is 261 g/mol. The average molecular weight is 261 g/mol. The molecular weight excluding hydrogens is 246 g/mol. The molecule has 0 saturated carbocycles. The Hall–Kier alpha value is -1.75. The summed E-state index contributed by atoms with van der Waals surface area (Å²) in [5.74, 6) is 0.0107. The first-order valence-corrected chi connectivity index (χ1v) is 6.67. The third kappa shape index (κ3) is 3.37. The normalized spacial score (nSPS) is 10.6. The number of aromatic nitrogens is 2. The Bertz CT molecular complexity index is 522. The maximum atomic E-state index is 11.6. The second-order valence-electron chi connectivity index (χ2n) is 4.28. The van der Waals surface area contributed by atoms with Gasteiger partial charge in [-0.25, -0.2) is 4.98 Å². The van der Waals surface area contributed by atoms with Gasteiger partial charge in [-0.05, 0) is 26.0 Å². The van der Waals surface area contributed by atoms with Crippen LogP contribution < -0.4 is 5.32 Å². The summed E-state index contributed by atoms with van der Waals surface area (Å²) in [4.78, 5) is 20.0. The number of pyridine rings is 1. The molecule has 0 radical (unpaired) electrons. The van der Waals surface area contributed by atoms with Gasteiger partial charge in [-0.3, -0.25) is 9.78 Å². The Balaban J connectivity index is 2.05. The van der Waals surface area contributed by atoms with Crippen molar-refractivity contribution < 1.29 is 4.79 Å². The van der Waals surface area contributed by atoms with Gasteiger partial charge in [0.1, 0.15) is 5.01 Å². The molecule has 0 saturated heterocycles. The maximum Gasteiger partial charge on any atom is 0.226 e. The van der Waals surface area contributed by atoms with Gasteiger partial charge in [0.25, 0.3) is 0 Å². The van der Waals surface area contributed by atoms with Crippen molar-refractivity contribution in [3.8, 4) is 10.6 Å². The van der Waals surface area contributed by atoms with Crippen molar-refractivity contribution in [2.24, 2.45) is 0 Å². The van der Waals surface area contributed by atoms with Gasteiger partial charge < -0.3 is 5.32 Å². The van der Waals surface area contributed by atoms with Gasteiger partial charge in [0.05, 0.1) is 12.1 Å². The predicted molar refractivity (Wildman–Crippen MR) is 72.3 cm³/mol. The van der Waals surface area contributed by atoms with Crippen LogP contribution in [0, 0.1) is 0 Å². The molecule has 1 amide bonds. The van der Waals surface area contributed by atoms with E-state index in [-0.39, 0.29) is 11.9 Å². The van der Waals surface area contributed by atoms with E-state index in [0.717, 1.165) is 16.3 Å². The first-order chi connectivity index (χ1) is 8.65. The van der Waals surface area contributed by atoms with Gasteiger partial charge in [-0.15, -0.1) is 11.3 Å². The van der Waals surface area contributed by atoms with E-state index in [1.54, 1.807) is 23.7 Å². The number of nitrogens with one attached hydrogen (secondary N) is 1. The number of amides is 1. The highest BCUT2D eigenvalue weighted by atomic mass is 32.1. The molecule has 2 aromatic heterocycles. The smallest absolute Gasteiger partial charge is 0.226 e. The van der Waals surface area contributed by atoms with E-state index in [0.29, 0.717) is 6.42 Å². The molecule has 0 aliphatic carbocycles. The van der Waals surface area contributed by atoms with Crippen molar-refractivity contribution in [2.45, 2.75) is 26.3 Å². The van der Waals surface area contributed by atoms with E-state index in [4.69, 9.17) is 0 Å². The van der Waals surface area contributed by atoms with Crippen LogP contribution in [0.1, 0.15) is 19.5 Å². The lowest BCUT2D eigenvalue weighted by molar-refractivity contribution is -0.120. The molecule has 0 aliphatic heterocycles. The number of carbonyl (C=O) groups is 1. The molecule has 2 aromatic rings. The highest BCUT2D eigenvalue weighted by Gasteiger charge is 2.09. The molecule has 0 bridgehead atoms. The molecular formula is C13H15N3OS. The van der Waals surface area contributed by atoms with E-state index in [1.165, 1.54) is 0 Å². The van der Waals surface area contributed by atoms with Crippen LogP contribution in [-0.2, 0) is 11.2 Å². The molecule has 2 heterocycles. The molecule has 94 valence electrons. The summed E-state index contributed by atoms with van der Waals surface area (Å²) in [6.07, 6.45) is 3.81. The minimum atomic E-state index is 0.0107. The van der Waals surface area contributed by atoms with Crippen LogP contribution in [-0.4, -0.2) is 21.9 Å². The number of carbonyl (C=O) groups excluding carboxylic acids is 1. The summed E-state index contributed by atoms with van der Waals surface area (Å²) in [6.45, 7) is 3.89. The van der Waals surface area contributed by atoms with Crippen LogP contribution in [0.25, 0.3) is 10.6 Å². The standard InChI is InChI=1S/C13H15N3OS/c1-9(2)15-12(17)7-11-8-18-13(16-11)10-3-5-14-6-4-10/h3-6,8-9H,7H2,1-2H3,(H,15,17). The molecule has 0 spiro atoms.